The molecule has 1 heterocycles. The van der Waals surface area contributed by atoms with Crippen molar-refractivity contribution >= 4 is 12.0 Å². The maximum atomic E-state index is 12.2. The van der Waals surface area contributed by atoms with Crippen LogP contribution in [0.25, 0.3) is 0 Å². The van der Waals surface area contributed by atoms with Gasteiger partial charge in [0.1, 0.15) is 0 Å². The van der Waals surface area contributed by atoms with E-state index in [0.29, 0.717) is 13.1 Å². The number of likely N-dealkylation sites (tertiary alicyclic amines) is 1. The first kappa shape index (κ1) is 12.2. The Morgan fingerprint density at radius 1 is 1.29 bits per heavy atom. The Labute approximate surface area is 101 Å². The number of carbonyl (C=O) groups excluding carboxylic acids is 1. The van der Waals surface area contributed by atoms with Gasteiger partial charge in [-0.2, -0.15) is 0 Å². The summed E-state index contributed by atoms with van der Waals surface area (Å²) in [5.74, 6) is 0.451. The predicted octanol–water partition coefficient (Wildman–Crippen LogP) is 1.15. The lowest BCUT2D eigenvalue weighted by Gasteiger charge is -2.26. The van der Waals surface area contributed by atoms with Crippen molar-refractivity contribution < 1.29 is 14.7 Å². The third kappa shape index (κ3) is 1.87. The molecule has 0 bridgehead atoms. The third-order valence-electron chi connectivity index (χ3n) is 4.00. The maximum absolute atomic E-state index is 12.2. The van der Waals surface area contributed by atoms with Crippen LogP contribution in [0.2, 0.25) is 0 Å². The first-order valence-electron chi connectivity index (χ1n) is 5.97. The highest BCUT2D eigenvalue weighted by molar-refractivity contribution is 5.87. The summed E-state index contributed by atoms with van der Waals surface area (Å²) in [6.45, 7) is 8.80. The zero-order valence-electron chi connectivity index (χ0n) is 10.8. The number of carbonyl (C=O) groups is 2. The molecule has 5 nitrogen and oxygen atoms in total. The average molecular weight is 240 g/mol. The molecule has 2 aliphatic rings. The largest absolute Gasteiger partial charge is 0.465 e. The van der Waals surface area contributed by atoms with Crippen molar-refractivity contribution in [3.63, 3.8) is 0 Å². The Morgan fingerprint density at radius 2 is 1.76 bits per heavy atom. The lowest BCUT2D eigenvalue weighted by Crippen LogP contribution is -2.46. The zero-order chi connectivity index (χ0) is 13.0. The second-order valence-electron chi connectivity index (χ2n) is 6.39. The number of rotatable bonds is 1. The highest BCUT2D eigenvalue weighted by atomic mass is 16.4. The van der Waals surface area contributed by atoms with Gasteiger partial charge in [-0.05, 0) is 32.6 Å². The number of piperidine rings is 1. The van der Waals surface area contributed by atoms with Crippen LogP contribution < -0.4 is 5.32 Å². The Kier molecular flexibility index (Phi) is 2.42. The van der Waals surface area contributed by atoms with Gasteiger partial charge in [0.2, 0.25) is 5.91 Å². The number of fused-ring (bicyclic) bond motifs is 1. The molecule has 5 heteroatoms. The minimum Gasteiger partial charge on any atom is -0.465 e. The highest BCUT2D eigenvalue weighted by Gasteiger charge is 2.70. The van der Waals surface area contributed by atoms with Crippen LogP contribution in [-0.4, -0.2) is 40.6 Å². The molecule has 0 aromatic heterocycles. The van der Waals surface area contributed by atoms with Gasteiger partial charge in [-0.25, -0.2) is 4.79 Å². The van der Waals surface area contributed by atoms with Crippen molar-refractivity contribution in [3.8, 4) is 0 Å². The van der Waals surface area contributed by atoms with Crippen molar-refractivity contribution in [1.29, 1.82) is 0 Å². The van der Waals surface area contributed by atoms with E-state index < -0.39 is 6.09 Å². The molecular formula is C12H20N2O3. The number of hydrogen-bond donors (Lipinski definition) is 2. The van der Waals surface area contributed by atoms with Gasteiger partial charge in [0, 0.05) is 18.6 Å². The average Bonchev–Trinajstić information content (AvgIpc) is 2.60. The lowest BCUT2D eigenvalue weighted by atomic mass is 9.99. The quantitative estimate of drug-likeness (QED) is 0.722. The molecule has 1 saturated carbocycles. The monoisotopic (exact) mass is 240 g/mol. The number of hydrogen-bond acceptors (Lipinski definition) is 2. The second-order valence-corrected chi connectivity index (χ2v) is 6.39. The van der Waals surface area contributed by atoms with Crippen LogP contribution in [0.4, 0.5) is 4.79 Å². The van der Waals surface area contributed by atoms with Gasteiger partial charge in [0.25, 0.3) is 0 Å². The van der Waals surface area contributed by atoms with E-state index >= 15 is 0 Å². The summed E-state index contributed by atoms with van der Waals surface area (Å²) < 4.78 is 0. The minimum atomic E-state index is -0.879. The fraction of sp³-hybridized carbons (Fsp3) is 0.833. The van der Waals surface area contributed by atoms with Gasteiger partial charge in [-0.3, -0.25) is 4.79 Å². The van der Waals surface area contributed by atoms with Crippen LogP contribution >= 0.6 is 0 Å². The normalized spacial score (nSPS) is 35.4. The molecule has 0 radical (unpaired) electrons. The van der Waals surface area contributed by atoms with Crippen molar-refractivity contribution in [2.75, 3.05) is 13.1 Å². The Balaban J connectivity index is 1.98. The van der Waals surface area contributed by atoms with Crippen LogP contribution in [0.1, 0.15) is 27.7 Å². The summed E-state index contributed by atoms with van der Waals surface area (Å²) in [4.78, 5) is 24.4. The minimum absolute atomic E-state index is 0.0602. The van der Waals surface area contributed by atoms with Crippen LogP contribution in [0.3, 0.4) is 0 Å². The van der Waals surface area contributed by atoms with Crippen molar-refractivity contribution in [2.45, 2.75) is 33.2 Å². The first-order valence-corrected chi connectivity index (χ1v) is 5.97. The topological polar surface area (TPSA) is 69.6 Å². The smallest absolute Gasteiger partial charge is 0.407 e. The van der Waals surface area contributed by atoms with Gasteiger partial charge < -0.3 is 15.3 Å². The molecule has 17 heavy (non-hydrogen) atoms. The first-order chi connectivity index (χ1) is 7.66. The molecule has 2 amide bonds. The van der Waals surface area contributed by atoms with Crippen LogP contribution in [0, 0.1) is 17.3 Å². The Morgan fingerprint density at radius 3 is 2.12 bits per heavy atom. The summed E-state index contributed by atoms with van der Waals surface area (Å²) in [5, 5.41) is 11.9. The molecule has 1 aliphatic carbocycles. The van der Waals surface area contributed by atoms with E-state index in [4.69, 9.17) is 5.11 Å². The fourth-order valence-electron chi connectivity index (χ4n) is 2.85. The van der Waals surface area contributed by atoms with Gasteiger partial charge in [0.05, 0.1) is 5.41 Å². The maximum Gasteiger partial charge on any atom is 0.407 e. The molecule has 1 saturated heterocycles. The molecule has 0 aromatic rings. The van der Waals surface area contributed by atoms with E-state index in [0.717, 1.165) is 0 Å². The third-order valence-corrected chi connectivity index (χ3v) is 4.00. The SMILES string of the molecule is CC(C)(C)NC(=O)C1(C)C2CN(C(=O)O)C[C@H]21. The number of amides is 2. The van der Waals surface area contributed by atoms with E-state index in [1.54, 1.807) is 0 Å². The van der Waals surface area contributed by atoms with E-state index in [1.807, 2.05) is 27.7 Å². The molecular weight excluding hydrogens is 220 g/mol. The van der Waals surface area contributed by atoms with Gasteiger partial charge in [-0.1, -0.05) is 6.92 Å². The number of carboxylic acid groups (broad SMARTS) is 1. The molecule has 2 N–H and O–H groups in total. The Bertz CT molecular complexity index is 360. The van der Waals surface area contributed by atoms with Gasteiger partial charge in [-0.15, -0.1) is 0 Å². The van der Waals surface area contributed by atoms with Gasteiger partial charge >= 0.3 is 6.09 Å². The van der Waals surface area contributed by atoms with Gasteiger partial charge in [0.15, 0.2) is 0 Å². The summed E-state index contributed by atoms with van der Waals surface area (Å²) >= 11 is 0. The predicted molar refractivity (Wildman–Crippen MR) is 62.6 cm³/mol. The molecule has 0 aromatic carbocycles. The van der Waals surface area contributed by atoms with E-state index in [2.05, 4.69) is 5.32 Å². The second kappa shape index (κ2) is 3.37. The summed E-state index contributed by atoms with van der Waals surface area (Å²) in [5.41, 5.74) is -0.595. The van der Waals surface area contributed by atoms with Crippen molar-refractivity contribution in [3.05, 3.63) is 0 Å². The zero-order valence-corrected chi connectivity index (χ0v) is 10.8. The fourth-order valence-corrected chi connectivity index (χ4v) is 2.85. The molecule has 2 rings (SSSR count). The summed E-state index contributed by atoms with van der Waals surface area (Å²) in [6.07, 6.45) is -0.879. The summed E-state index contributed by atoms with van der Waals surface area (Å²) in [6, 6.07) is 0. The van der Waals surface area contributed by atoms with E-state index in [-0.39, 0.29) is 28.7 Å². The molecule has 3 atom stereocenters. The van der Waals surface area contributed by atoms with Crippen LogP contribution in [-0.2, 0) is 4.79 Å². The molecule has 96 valence electrons. The number of nitrogens with zero attached hydrogens (tertiary/aromatic N) is 1. The molecule has 2 fully saturated rings. The van der Waals surface area contributed by atoms with Crippen molar-refractivity contribution in [1.82, 2.24) is 10.2 Å². The lowest BCUT2D eigenvalue weighted by molar-refractivity contribution is -0.128. The van der Waals surface area contributed by atoms with Crippen LogP contribution in [0.15, 0.2) is 0 Å². The summed E-state index contributed by atoms with van der Waals surface area (Å²) in [7, 11) is 0. The van der Waals surface area contributed by atoms with E-state index in [1.165, 1.54) is 4.90 Å². The molecule has 2 unspecified atom stereocenters. The molecule has 0 spiro atoms. The van der Waals surface area contributed by atoms with E-state index in [9.17, 15) is 9.59 Å². The highest BCUT2D eigenvalue weighted by Crippen LogP contribution is 2.62. The van der Waals surface area contributed by atoms with Crippen molar-refractivity contribution in [2.24, 2.45) is 17.3 Å². The number of nitrogens with one attached hydrogen (secondary N) is 1. The van der Waals surface area contributed by atoms with Crippen LogP contribution in [0.5, 0.6) is 0 Å². The Hall–Kier alpha value is -1.26. The standard InChI is InChI=1S/C12H20N2O3/c1-11(2,3)13-9(15)12(4)7-5-14(10(16)17)6-8(7)12/h7-8H,5-6H2,1-4H3,(H,13,15)(H,16,17)/t7-,8?,12?/m1/s1. The molecule has 1 aliphatic heterocycles.